The van der Waals surface area contributed by atoms with Gasteiger partial charge in [-0.3, -0.25) is 0 Å². The Morgan fingerprint density at radius 2 is 0.808 bits per heavy atom. The minimum absolute atomic E-state index is 0.865. The van der Waals surface area contributed by atoms with Gasteiger partial charge in [0.15, 0.2) is 11.5 Å². The number of hydrogen-bond donors (Lipinski definition) is 0. The van der Waals surface area contributed by atoms with Crippen molar-refractivity contribution in [3.63, 3.8) is 0 Å². The molecule has 3 aromatic heterocycles. The lowest BCUT2D eigenvalue weighted by Crippen LogP contribution is -2.06. The van der Waals surface area contributed by atoms with Gasteiger partial charge in [0.25, 0.3) is 0 Å². The van der Waals surface area contributed by atoms with Crippen LogP contribution in [0.5, 0.6) is 11.5 Å². The van der Waals surface area contributed by atoms with Crippen LogP contribution in [0.1, 0.15) is 0 Å². The zero-order chi connectivity index (χ0) is 33.9. The van der Waals surface area contributed by atoms with Crippen LogP contribution in [0, 0.1) is 0 Å². The summed E-state index contributed by atoms with van der Waals surface area (Å²) in [6, 6.07) is 63.5. The van der Waals surface area contributed by atoms with Gasteiger partial charge in [0.1, 0.15) is 0 Å². The lowest BCUT2D eigenvalue weighted by atomic mass is 10.0. The number of ether oxygens (including phenoxy) is 1. The van der Waals surface area contributed by atoms with Crippen molar-refractivity contribution in [3.8, 4) is 39.7 Å². The molecule has 1 aliphatic rings. The first-order valence-corrected chi connectivity index (χ1v) is 17.8. The predicted molar refractivity (Wildman–Crippen MR) is 215 cm³/mol. The average Bonchev–Trinajstić information content (AvgIpc) is 3.84. The van der Waals surface area contributed by atoms with Crippen molar-refractivity contribution < 1.29 is 4.74 Å². The van der Waals surface area contributed by atoms with E-state index in [0.717, 1.165) is 45.2 Å². The molecule has 0 fully saturated rings. The van der Waals surface area contributed by atoms with Crippen LogP contribution >= 0.6 is 0 Å². The third-order valence-corrected chi connectivity index (χ3v) is 11.0. The van der Waals surface area contributed by atoms with Gasteiger partial charge in [-0.15, -0.1) is 0 Å². The summed E-state index contributed by atoms with van der Waals surface area (Å²) in [5.74, 6) is 1.76. The van der Waals surface area contributed by atoms with Gasteiger partial charge in [0.05, 0.1) is 38.8 Å². The molecule has 0 saturated heterocycles. The molecule has 8 aromatic carbocycles. The fraction of sp³-hybridized carbons (Fsp3) is 0. The van der Waals surface area contributed by atoms with Crippen LogP contribution in [0.2, 0.25) is 0 Å². The number of nitrogens with zero attached hydrogens (tertiary/aromatic N) is 3. The van der Waals surface area contributed by atoms with Gasteiger partial charge in [-0.05, 0) is 72.3 Å². The maximum Gasteiger partial charge on any atom is 0.152 e. The van der Waals surface area contributed by atoms with Crippen LogP contribution in [-0.4, -0.2) is 13.7 Å². The van der Waals surface area contributed by atoms with E-state index in [1.54, 1.807) is 0 Å². The highest BCUT2D eigenvalue weighted by Gasteiger charge is 2.26. The number of hydrogen-bond acceptors (Lipinski definition) is 1. The zero-order valence-corrected chi connectivity index (χ0v) is 28.0. The predicted octanol–water partition coefficient (Wildman–Crippen LogP) is 12.8. The van der Waals surface area contributed by atoms with Crippen molar-refractivity contribution in [2.75, 3.05) is 0 Å². The van der Waals surface area contributed by atoms with Crippen molar-refractivity contribution in [2.24, 2.45) is 0 Å². The van der Waals surface area contributed by atoms with Crippen LogP contribution in [0.25, 0.3) is 93.6 Å². The lowest BCUT2D eigenvalue weighted by molar-refractivity contribution is 0.477. The topological polar surface area (TPSA) is 24.0 Å². The second-order valence-electron chi connectivity index (χ2n) is 13.7. The van der Waals surface area contributed by atoms with E-state index < -0.39 is 0 Å². The van der Waals surface area contributed by atoms with Gasteiger partial charge in [-0.25, -0.2) is 0 Å². The quantitative estimate of drug-likeness (QED) is 0.185. The summed E-state index contributed by atoms with van der Waals surface area (Å²) in [7, 11) is 0. The fourth-order valence-electron chi connectivity index (χ4n) is 8.86. The van der Waals surface area contributed by atoms with Crippen LogP contribution in [0.3, 0.4) is 0 Å². The molecule has 12 rings (SSSR count). The summed E-state index contributed by atoms with van der Waals surface area (Å²) in [4.78, 5) is 0. The molecule has 0 radical (unpaired) electrons. The third-order valence-electron chi connectivity index (χ3n) is 11.0. The SMILES string of the molecule is c1cc2c(c(-c3ccc(-n4c5ccccc5c5cc(-n6c7ccccc7c7ccccc76)ccc54)cc3)c1)-n1c3ccccc3c3cccc(c31)O2. The van der Waals surface area contributed by atoms with Gasteiger partial charge in [0, 0.05) is 49.3 Å². The van der Waals surface area contributed by atoms with Gasteiger partial charge in [-0.1, -0.05) is 109 Å². The molecule has 4 heterocycles. The smallest absolute Gasteiger partial charge is 0.152 e. The van der Waals surface area contributed by atoms with Crippen molar-refractivity contribution in [2.45, 2.75) is 0 Å². The molecule has 0 amide bonds. The van der Waals surface area contributed by atoms with E-state index in [2.05, 4.69) is 190 Å². The van der Waals surface area contributed by atoms with E-state index in [0.29, 0.717) is 0 Å². The first kappa shape index (κ1) is 27.7. The van der Waals surface area contributed by atoms with Gasteiger partial charge >= 0.3 is 0 Å². The van der Waals surface area contributed by atoms with E-state index in [1.165, 1.54) is 59.9 Å². The first-order valence-electron chi connectivity index (χ1n) is 17.8. The van der Waals surface area contributed by atoms with E-state index in [1.807, 2.05) is 0 Å². The highest BCUT2D eigenvalue weighted by Crippen LogP contribution is 2.48. The minimum Gasteiger partial charge on any atom is -0.453 e. The fourth-order valence-corrected chi connectivity index (χ4v) is 8.86. The molecule has 4 heteroatoms. The largest absolute Gasteiger partial charge is 0.453 e. The van der Waals surface area contributed by atoms with E-state index in [-0.39, 0.29) is 0 Å². The summed E-state index contributed by atoms with van der Waals surface area (Å²) in [6.45, 7) is 0. The zero-order valence-electron chi connectivity index (χ0n) is 28.0. The molecule has 0 spiro atoms. The first-order chi connectivity index (χ1) is 25.8. The number of benzene rings is 8. The standard InChI is InChI=1S/C48H29N3O/c1-5-17-40-34(11-1)35-12-2-6-18-41(35)50(40)32-27-28-44-39(29-32)37-14-4-7-19-42(37)49(44)31-25-23-30(24-26-31)33-15-9-21-45-47(33)51-43-20-8-3-13-36(43)38-16-10-22-46(52-45)48(38)51/h1-29H. The van der Waals surface area contributed by atoms with E-state index in [4.69, 9.17) is 4.74 Å². The Bertz CT molecular complexity index is 3210. The van der Waals surface area contributed by atoms with E-state index in [9.17, 15) is 0 Å². The molecule has 4 nitrogen and oxygen atoms in total. The normalized spacial score (nSPS) is 12.4. The molecule has 52 heavy (non-hydrogen) atoms. The molecule has 0 aliphatic carbocycles. The van der Waals surface area contributed by atoms with Crippen molar-refractivity contribution in [1.29, 1.82) is 0 Å². The third kappa shape index (κ3) is 3.65. The summed E-state index contributed by atoms with van der Waals surface area (Å²) in [5, 5.41) is 7.44. The molecule has 0 N–H and O–H groups in total. The molecule has 242 valence electrons. The number of para-hydroxylation sites is 6. The molecular weight excluding hydrogens is 635 g/mol. The Labute approximate surface area is 298 Å². The Morgan fingerprint density at radius 1 is 0.327 bits per heavy atom. The Morgan fingerprint density at radius 3 is 1.48 bits per heavy atom. The number of rotatable bonds is 3. The Hall–Kier alpha value is -7.04. The monoisotopic (exact) mass is 663 g/mol. The van der Waals surface area contributed by atoms with Gasteiger partial charge in [0.2, 0.25) is 0 Å². The molecular formula is C48H29N3O. The summed E-state index contributed by atoms with van der Waals surface area (Å²) >= 11 is 0. The summed E-state index contributed by atoms with van der Waals surface area (Å²) in [6.07, 6.45) is 0. The second kappa shape index (κ2) is 10.3. The summed E-state index contributed by atoms with van der Waals surface area (Å²) < 4.78 is 13.8. The molecule has 0 atom stereocenters. The highest BCUT2D eigenvalue weighted by atomic mass is 16.5. The van der Waals surface area contributed by atoms with Gasteiger partial charge < -0.3 is 18.4 Å². The Kier molecular flexibility index (Phi) is 5.47. The van der Waals surface area contributed by atoms with Crippen molar-refractivity contribution >= 4 is 65.4 Å². The molecule has 11 aromatic rings. The number of aromatic nitrogens is 3. The number of fused-ring (bicyclic) bond motifs is 11. The maximum absolute atomic E-state index is 6.58. The lowest BCUT2D eigenvalue weighted by Gasteiger charge is -2.23. The Balaban J connectivity index is 1.03. The maximum atomic E-state index is 6.58. The van der Waals surface area contributed by atoms with Gasteiger partial charge in [-0.2, -0.15) is 0 Å². The molecule has 1 aliphatic heterocycles. The van der Waals surface area contributed by atoms with Crippen LogP contribution in [0.15, 0.2) is 176 Å². The summed E-state index contributed by atoms with van der Waals surface area (Å²) in [5.41, 5.74) is 12.7. The highest BCUT2D eigenvalue weighted by molar-refractivity contribution is 6.14. The van der Waals surface area contributed by atoms with Crippen LogP contribution < -0.4 is 4.74 Å². The van der Waals surface area contributed by atoms with Crippen LogP contribution in [-0.2, 0) is 0 Å². The second-order valence-corrected chi connectivity index (χ2v) is 13.7. The molecule has 0 unspecified atom stereocenters. The molecule has 0 bridgehead atoms. The van der Waals surface area contributed by atoms with E-state index >= 15 is 0 Å². The average molecular weight is 664 g/mol. The minimum atomic E-state index is 0.865. The molecule has 0 saturated carbocycles. The van der Waals surface area contributed by atoms with Crippen molar-refractivity contribution in [3.05, 3.63) is 176 Å². The van der Waals surface area contributed by atoms with Crippen LogP contribution in [0.4, 0.5) is 0 Å². The van der Waals surface area contributed by atoms with Crippen molar-refractivity contribution in [1.82, 2.24) is 13.7 Å².